The summed E-state index contributed by atoms with van der Waals surface area (Å²) in [5, 5.41) is 10.2. The lowest BCUT2D eigenvalue weighted by molar-refractivity contribution is 0.543. The van der Waals surface area contributed by atoms with Crippen LogP contribution in [0.4, 0.5) is 0 Å². The van der Waals surface area contributed by atoms with Gasteiger partial charge in [-0.3, -0.25) is 4.68 Å². The second-order valence-electron chi connectivity index (χ2n) is 4.63. The van der Waals surface area contributed by atoms with E-state index >= 15 is 0 Å². The third-order valence-electron chi connectivity index (χ3n) is 3.31. The van der Waals surface area contributed by atoms with Gasteiger partial charge >= 0.3 is 0 Å². The molecule has 1 N–H and O–H groups in total. The molecular formula is C14H20BrN3S. The Morgan fingerprint density at radius 2 is 2.21 bits per heavy atom. The molecule has 0 aliphatic rings. The van der Waals surface area contributed by atoms with Crippen LogP contribution in [-0.4, -0.2) is 16.3 Å². The van der Waals surface area contributed by atoms with Crippen LogP contribution in [0.1, 0.15) is 28.8 Å². The van der Waals surface area contributed by atoms with Gasteiger partial charge in [-0.15, -0.1) is 11.3 Å². The molecule has 0 fully saturated rings. The molecule has 0 amide bonds. The fraction of sp³-hybridized carbons (Fsp3) is 0.500. The highest BCUT2D eigenvalue weighted by atomic mass is 79.9. The maximum absolute atomic E-state index is 4.60. The molecule has 19 heavy (non-hydrogen) atoms. The number of aromatic nitrogens is 2. The van der Waals surface area contributed by atoms with Crippen molar-refractivity contribution in [3.8, 4) is 0 Å². The summed E-state index contributed by atoms with van der Waals surface area (Å²) in [5.41, 5.74) is 3.87. The Kier molecular flexibility index (Phi) is 5.19. The molecule has 0 aliphatic heterocycles. The van der Waals surface area contributed by atoms with Gasteiger partial charge in [0.25, 0.3) is 0 Å². The molecule has 104 valence electrons. The average molecular weight is 342 g/mol. The number of hydrogen-bond acceptors (Lipinski definition) is 3. The molecule has 2 aromatic rings. The van der Waals surface area contributed by atoms with E-state index in [4.69, 9.17) is 0 Å². The molecule has 0 aromatic carbocycles. The van der Waals surface area contributed by atoms with Crippen molar-refractivity contribution in [1.82, 2.24) is 15.1 Å². The molecule has 3 nitrogen and oxygen atoms in total. The third kappa shape index (κ3) is 3.68. The zero-order valence-corrected chi connectivity index (χ0v) is 14.1. The first kappa shape index (κ1) is 14.8. The molecule has 0 aliphatic carbocycles. The summed E-state index contributed by atoms with van der Waals surface area (Å²) in [7, 11) is 0. The Morgan fingerprint density at radius 1 is 1.42 bits per heavy atom. The van der Waals surface area contributed by atoms with Gasteiger partial charge in [-0.05, 0) is 47.8 Å². The predicted molar refractivity (Wildman–Crippen MR) is 84.8 cm³/mol. The second-order valence-corrected chi connectivity index (χ2v) is 6.55. The lowest BCUT2D eigenvalue weighted by Crippen LogP contribution is -2.20. The van der Waals surface area contributed by atoms with Gasteiger partial charge in [0.2, 0.25) is 0 Å². The summed E-state index contributed by atoms with van der Waals surface area (Å²) in [6.07, 6.45) is 1.06. The number of rotatable bonds is 6. The number of hydrogen-bond donors (Lipinski definition) is 1. The highest BCUT2D eigenvalue weighted by Crippen LogP contribution is 2.19. The monoisotopic (exact) mass is 341 g/mol. The average Bonchev–Trinajstić information content (AvgIpc) is 2.90. The molecule has 0 saturated heterocycles. The standard InChI is InChI=1S/C14H20BrN3S/c1-4-14-10(2)17-18(11(14)3)6-5-16-8-13-7-12(15)9-19-13/h7,9,16H,4-6,8H2,1-3H3. The Bertz CT molecular complexity index is 545. The SMILES string of the molecule is CCc1c(C)nn(CCNCc2cc(Br)cs2)c1C. The van der Waals surface area contributed by atoms with Gasteiger partial charge in [-0.2, -0.15) is 5.10 Å². The van der Waals surface area contributed by atoms with Crippen molar-refractivity contribution in [1.29, 1.82) is 0 Å². The van der Waals surface area contributed by atoms with Crippen LogP contribution < -0.4 is 5.32 Å². The van der Waals surface area contributed by atoms with Gasteiger partial charge in [-0.25, -0.2) is 0 Å². The minimum atomic E-state index is 0.927. The van der Waals surface area contributed by atoms with E-state index in [0.717, 1.165) is 26.1 Å². The van der Waals surface area contributed by atoms with Crippen LogP contribution in [0.2, 0.25) is 0 Å². The van der Waals surface area contributed by atoms with Crippen molar-refractivity contribution < 1.29 is 0 Å². The summed E-state index contributed by atoms with van der Waals surface area (Å²) >= 11 is 5.25. The molecule has 5 heteroatoms. The topological polar surface area (TPSA) is 29.9 Å². The Balaban J connectivity index is 1.83. The summed E-state index contributed by atoms with van der Waals surface area (Å²) in [6, 6.07) is 2.16. The van der Waals surface area contributed by atoms with Crippen molar-refractivity contribution >= 4 is 27.3 Å². The van der Waals surface area contributed by atoms with Crippen LogP contribution in [-0.2, 0) is 19.5 Å². The Hall–Kier alpha value is -0.650. The van der Waals surface area contributed by atoms with Crippen LogP contribution >= 0.6 is 27.3 Å². The Morgan fingerprint density at radius 3 is 2.79 bits per heavy atom. The molecule has 0 saturated carbocycles. The highest BCUT2D eigenvalue weighted by molar-refractivity contribution is 9.10. The van der Waals surface area contributed by atoms with E-state index in [1.54, 1.807) is 11.3 Å². The number of thiophene rings is 1. The van der Waals surface area contributed by atoms with Crippen LogP contribution in [0.3, 0.4) is 0 Å². The van der Waals surface area contributed by atoms with E-state index in [9.17, 15) is 0 Å². The zero-order valence-electron chi connectivity index (χ0n) is 11.7. The quantitative estimate of drug-likeness (QED) is 0.812. The van der Waals surface area contributed by atoms with E-state index in [1.807, 2.05) is 0 Å². The molecule has 0 bridgehead atoms. The summed E-state index contributed by atoms with van der Waals surface area (Å²) in [5.74, 6) is 0. The molecule has 0 atom stereocenters. The van der Waals surface area contributed by atoms with Crippen LogP contribution in [0.25, 0.3) is 0 Å². The lowest BCUT2D eigenvalue weighted by Gasteiger charge is -2.06. The first-order valence-electron chi connectivity index (χ1n) is 6.58. The zero-order chi connectivity index (χ0) is 13.8. The van der Waals surface area contributed by atoms with Crippen LogP contribution in [0.5, 0.6) is 0 Å². The molecule has 0 spiro atoms. The van der Waals surface area contributed by atoms with Gasteiger partial charge in [0.05, 0.1) is 12.2 Å². The van der Waals surface area contributed by atoms with E-state index in [2.05, 4.69) is 63.2 Å². The normalized spacial score (nSPS) is 11.2. The Labute approximate surface area is 127 Å². The van der Waals surface area contributed by atoms with Gasteiger partial charge < -0.3 is 5.32 Å². The van der Waals surface area contributed by atoms with E-state index < -0.39 is 0 Å². The van der Waals surface area contributed by atoms with Crippen LogP contribution in [0, 0.1) is 13.8 Å². The van der Waals surface area contributed by atoms with Crippen molar-refractivity contribution in [3.63, 3.8) is 0 Å². The molecule has 2 aromatic heterocycles. The van der Waals surface area contributed by atoms with Gasteiger partial charge in [0.1, 0.15) is 0 Å². The predicted octanol–water partition coefficient (Wildman–Crippen LogP) is 3.68. The molecule has 0 unspecified atom stereocenters. The number of nitrogens with zero attached hydrogens (tertiary/aromatic N) is 2. The van der Waals surface area contributed by atoms with Crippen LogP contribution in [0.15, 0.2) is 15.9 Å². The smallest absolute Gasteiger partial charge is 0.0628 e. The third-order valence-corrected chi connectivity index (χ3v) is 5.00. The first-order chi connectivity index (χ1) is 9.11. The van der Waals surface area contributed by atoms with Crippen molar-refractivity contribution in [3.05, 3.63) is 37.7 Å². The van der Waals surface area contributed by atoms with E-state index in [-0.39, 0.29) is 0 Å². The van der Waals surface area contributed by atoms with Gasteiger partial charge in [-0.1, -0.05) is 6.92 Å². The largest absolute Gasteiger partial charge is 0.310 e. The summed E-state index contributed by atoms with van der Waals surface area (Å²) in [4.78, 5) is 1.36. The van der Waals surface area contributed by atoms with Crippen molar-refractivity contribution in [2.75, 3.05) is 6.54 Å². The lowest BCUT2D eigenvalue weighted by atomic mass is 10.1. The number of nitrogens with one attached hydrogen (secondary N) is 1. The maximum Gasteiger partial charge on any atom is 0.0628 e. The summed E-state index contributed by atoms with van der Waals surface area (Å²) in [6.45, 7) is 9.25. The second kappa shape index (κ2) is 6.68. The minimum absolute atomic E-state index is 0.927. The van der Waals surface area contributed by atoms with E-state index in [1.165, 1.54) is 26.3 Å². The minimum Gasteiger partial charge on any atom is -0.310 e. The molecule has 2 rings (SSSR count). The van der Waals surface area contributed by atoms with E-state index in [0.29, 0.717) is 0 Å². The van der Waals surface area contributed by atoms with Gasteiger partial charge in [0.15, 0.2) is 0 Å². The molecule has 2 heterocycles. The molecular weight excluding hydrogens is 322 g/mol. The first-order valence-corrected chi connectivity index (χ1v) is 8.25. The number of halogens is 1. The highest BCUT2D eigenvalue weighted by Gasteiger charge is 2.08. The summed E-state index contributed by atoms with van der Waals surface area (Å²) < 4.78 is 3.28. The van der Waals surface area contributed by atoms with Crippen molar-refractivity contribution in [2.45, 2.75) is 40.3 Å². The number of aryl methyl sites for hydroxylation is 1. The fourth-order valence-corrected chi connectivity index (χ4v) is 3.73. The van der Waals surface area contributed by atoms with Gasteiger partial charge in [0, 0.05) is 33.5 Å². The van der Waals surface area contributed by atoms with Crippen molar-refractivity contribution in [2.24, 2.45) is 0 Å². The fourth-order valence-electron chi connectivity index (χ4n) is 2.31. The molecule has 0 radical (unpaired) electrons. The maximum atomic E-state index is 4.60.